The first-order valence-electron chi connectivity index (χ1n) is 20.8. The minimum Gasteiger partial charge on any atom is -0.480 e. The van der Waals surface area contributed by atoms with E-state index in [1.54, 1.807) is 48.5 Å². The van der Waals surface area contributed by atoms with Crippen LogP contribution in [0.3, 0.4) is 0 Å². The average molecular weight is 1070 g/mol. The maximum Gasteiger partial charge on any atom is 0.267 e. The van der Waals surface area contributed by atoms with E-state index < -0.39 is 23.2 Å². The molecule has 18 heteroatoms. The number of ether oxygens (including phenoxy) is 1. The third-order valence-electron chi connectivity index (χ3n) is 11.5. The van der Waals surface area contributed by atoms with Crippen LogP contribution in [0.1, 0.15) is 89.2 Å². The van der Waals surface area contributed by atoms with Crippen molar-refractivity contribution >= 4 is 151 Å². The molecule has 1 aliphatic heterocycles. The molecular formula is C48H45Cl8N5O4S. The highest BCUT2D eigenvalue weighted by Crippen LogP contribution is 2.50. The lowest BCUT2D eigenvalue weighted by Gasteiger charge is -2.31. The number of hydrogen-bond acceptors (Lipinski definition) is 6. The molecule has 1 heterocycles. The van der Waals surface area contributed by atoms with E-state index in [0.717, 1.165) is 35.2 Å². The highest BCUT2D eigenvalue weighted by Gasteiger charge is 2.43. The van der Waals surface area contributed by atoms with Crippen molar-refractivity contribution in [2.24, 2.45) is 4.99 Å². The molecule has 5 aromatic rings. The lowest BCUT2D eigenvalue weighted by Crippen LogP contribution is -2.36. The number of carbonyl (C=O) groups is 3. The van der Waals surface area contributed by atoms with E-state index in [4.69, 9.17) is 103 Å². The molecule has 0 bridgehead atoms. The summed E-state index contributed by atoms with van der Waals surface area (Å²) in [5, 5.41) is 5.54. The second-order valence-corrected chi connectivity index (χ2v) is 20.9. The smallest absolute Gasteiger partial charge is 0.267 e. The zero-order valence-electron chi connectivity index (χ0n) is 36.7. The quantitative estimate of drug-likeness (QED) is 0.0711. The molecule has 1 aliphatic rings. The summed E-state index contributed by atoms with van der Waals surface area (Å²) >= 11 is 53.0. The van der Waals surface area contributed by atoms with Crippen molar-refractivity contribution in [2.75, 3.05) is 15.6 Å². The van der Waals surface area contributed by atoms with Crippen LogP contribution in [0.2, 0.25) is 40.2 Å². The Kier molecular flexibility index (Phi) is 16.8. The number of nitrogens with zero attached hydrogens (tertiary/aromatic N) is 2. The normalized spacial score (nSPS) is 15.2. The van der Waals surface area contributed by atoms with Crippen molar-refractivity contribution in [2.45, 2.75) is 94.8 Å². The molecule has 2 atom stereocenters. The van der Waals surface area contributed by atoms with Crippen molar-refractivity contribution in [3.63, 3.8) is 0 Å². The third-order valence-corrected chi connectivity index (χ3v) is 16.0. The lowest BCUT2D eigenvalue weighted by molar-refractivity contribution is -0.123. The second-order valence-electron chi connectivity index (χ2n) is 16.6. The summed E-state index contributed by atoms with van der Waals surface area (Å²) in [6, 6.07) is 22.6. The summed E-state index contributed by atoms with van der Waals surface area (Å²) in [7, 11) is 0. The summed E-state index contributed by atoms with van der Waals surface area (Å²) in [6.07, 6.45) is 1.31. The Hall–Kier alpha value is -3.55. The molecule has 5 aromatic carbocycles. The number of aliphatic imine (C=N–C) groups is 1. The van der Waals surface area contributed by atoms with Crippen molar-refractivity contribution in [3.05, 3.63) is 136 Å². The Balaban J connectivity index is 1.36. The van der Waals surface area contributed by atoms with Crippen LogP contribution in [0.15, 0.2) is 88.8 Å². The Morgan fingerprint density at radius 1 is 0.758 bits per heavy atom. The number of benzene rings is 5. The number of para-hydroxylation sites is 1. The van der Waals surface area contributed by atoms with Crippen LogP contribution in [0.25, 0.3) is 0 Å². The van der Waals surface area contributed by atoms with Crippen LogP contribution in [0.4, 0.5) is 22.7 Å². The van der Waals surface area contributed by atoms with Crippen molar-refractivity contribution in [1.29, 1.82) is 0 Å². The number of carbonyl (C=O) groups excluding carboxylic acids is 3. The van der Waals surface area contributed by atoms with E-state index in [2.05, 4.69) is 69.7 Å². The Morgan fingerprint density at radius 3 is 2.00 bits per heavy atom. The van der Waals surface area contributed by atoms with Gasteiger partial charge in [-0.2, -0.15) is 0 Å². The number of hydrazine groups is 1. The number of amides is 3. The van der Waals surface area contributed by atoms with Crippen LogP contribution in [-0.4, -0.2) is 34.9 Å². The molecule has 0 saturated carbocycles. The van der Waals surface area contributed by atoms with Gasteiger partial charge in [-0.1, -0.05) is 172 Å². The maximum absolute atomic E-state index is 14.7. The van der Waals surface area contributed by atoms with Crippen molar-refractivity contribution in [3.8, 4) is 5.75 Å². The molecule has 9 nitrogen and oxygen atoms in total. The van der Waals surface area contributed by atoms with Gasteiger partial charge in [-0.25, -0.2) is 10.0 Å². The number of hydrogen-bond donors (Lipinski definition) is 3. The molecule has 0 aromatic heterocycles. The van der Waals surface area contributed by atoms with E-state index in [1.165, 1.54) is 17.7 Å². The number of thioether (sulfide) groups is 1. The number of nitrogens with one attached hydrogen (secondary N) is 3. The lowest BCUT2D eigenvalue weighted by atomic mass is 9.76. The minimum absolute atomic E-state index is 0.0494. The molecule has 66 heavy (non-hydrogen) atoms. The largest absolute Gasteiger partial charge is 0.480 e. The molecule has 0 spiro atoms. The molecule has 1 fully saturated rings. The standard InChI is InChI=1S/C48H45Cl8N5O4S/c1-8-32(65-33-21-18-24(47(4,5)9-2)22-26(33)48(6,7)10-3)44(62)59-30-16-11-12-17-34(30)66-42-43(60-61(46(42)64)41-39(55)37(53)36(52)38(54)40(41)56)58-31-23-25(19-20-27(31)49)57-45(63)35-28(50)14-13-15-29(35)51/h11-23,32,42H,8-10H2,1-7H3,(H,57,63)(H,58,60)(H,59,62). The predicted molar refractivity (Wildman–Crippen MR) is 278 cm³/mol. The third kappa shape index (κ3) is 11.0. The molecule has 0 radical (unpaired) electrons. The molecule has 0 aliphatic carbocycles. The van der Waals surface area contributed by atoms with Gasteiger partial charge in [0.05, 0.1) is 57.1 Å². The highest BCUT2D eigenvalue weighted by atomic mass is 35.5. The van der Waals surface area contributed by atoms with E-state index in [1.807, 2.05) is 13.0 Å². The zero-order valence-corrected chi connectivity index (χ0v) is 43.6. The minimum atomic E-state index is -1.15. The van der Waals surface area contributed by atoms with Crippen LogP contribution in [-0.2, 0) is 20.4 Å². The van der Waals surface area contributed by atoms with Crippen molar-refractivity contribution in [1.82, 2.24) is 5.43 Å². The fourth-order valence-corrected chi connectivity index (χ4v) is 9.89. The molecule has 2 unspecified atom stereocenters. The first kappa shape index (κ1) is 51.8. The monoisotopic (exact) mass is 1070 g/mol. The molecule has 348 valence electrons. The van der Waals surface area contributed by atoms with Crippen LogP contribution in [0.5, 0.6) is 5.75 Å². The average Bonchev–Trinajstić information content (AvgIpc) is 3.58. The number of amidine groups is 1. The number of rotatable bonds is 15. The summed E-state index contributed by atoms with van der Waals surface area (Å²) in [5.41, 5.74) is 5.80. The van der Waals surface area contributed by atoms with E-state index in [-0.39, 0.29) is 79.7 Å². The molecular weight excluding hydrogens is 1030 g/mol. The van der Waals surface area contributed by atoms with Gasteiger partial charge in [0.1, 0.15) is 22.5 Å². The summed E-state index contributed by atoms with van der Waals surface area (Å²) in [4.78, 5) is 47.5. The Bertz CT molecular complexity index is 2700. The number of anilines is 3. The number of halogens is 8. The SMILES string of the molecule is CCC(Oc1ccc(C(C)(C)CC)cc1C(C)(C)CC)C(=O)Nc1ccccc1SC1C(=O)N(c2c(Cl)c(Cl)c(Cl)c(Cl)c2Cl)NC1=Nc1cc(NC(=O)c2c(Cl)cccc2Cl)ccc1Cl. The fraction of sp³-hybridized carbons (Fsp3) is 0.292. The maximum atomic E-state index is 14.7. The van der Waals surface area contributed by atoms with Crippen LogP contribution >= 0.6 is 105 Å². The van der Waals surface area contributed by atoms with Gasteiger partial charge < -0.3 is 15.4 Å². The summed E-state index contributed by atoms with van der Waals surface area (Å²) in [6.45, 7) is 15.0. The van der Waals surface area contributed by atoms with E-state index in [9.17, 15) is 14.4 Å². The molecule has 6 rings (SSSR count). The fourth-order valence-electron chi connectivity index (χ4n) is 6.79. The van der Waals surface area contributed by atoms with Crippen LogP contribution < -0.4 is 25.8 Å². The first-order chi connectivity index (χ1) is 31.1. The van der Waals surface area contributed by atoms with E-state index in [0.29, 0.717) is 28.4 Å². The topological polar surface area (TPSA) is 112 Å². The Labute approximate surface area is 429 Å². The zero-order chi connectivity index (χ0) is 48.4. The first-order valence-corrected chi connectivity index (χ1v) is 24.7. The van der Waals surface area contributed by atoms with Gasteiger partial charge >= 0.3 is 0 Å². The van der Waals surface area contributed by atoms with Crippen LogP contribution in [0, 0.1) is 0 Å². The van der Waals surface area contributed by atoms with Gasteiger partial charge in [0, 0.05) is 16.1 Å². The van der Waals surface area contributed by atoms with Gasteiger partial charge in [-0.15, -0.1) is 11.8 Å². The highest BCUT2D eigenvalue weighted by molar-refractivity contribution is 8.01. The molecule has 3 amide bonds. The van der Waals surface area contributed by atoms with E-state index >= 15 is 0 Å². The van der Waals surface area contributed by atoms with Gasteiger partial charge in [-0.05, 0) is 84.2 Å². The molecule has 3 N–H and O–H groups in total. The van der Waals surface area contributed by atoms with Gasteiger partial charge in [0.15, 0.2) is 6.10 Å². The van der Waals surface area contributed by atoms with Gasteiger partial charge in [0.2, 0.25) is 0 Å². The summed E-state index contributed by atoms with van der Waals surface area (Å²) < 4.78 is 6.57. The Morgan fingerprint density at radius 2 is 1.38 bits per heavy atom. The molecule has 1 saturated heterocycles. The van der Waals surface area contributed by atoms with Gasteiger partial charge in [0.25, 0.3) is 17.7 Å². The second kappa shape index (κ2) is 21.4. The predicted octanol–water partition coefficient (Wildman–Crippen LogP) is 16.1. The summed E-state index contributed by atoms with van der Waals surface area (Å²) in [5.74, 6) is -0.851. The van der Waals surface area contributed by atoms with Crippen molar-refractivity contribution < 1.29 is 19.1 Å². The van der Waals surface area contributed by atoms with Gasteiger partial charge in [-0.3, -0.25) is 19.8 Å².